The van der Waals surface area contributed by atoms with E-state index in [4.69, 9.17) is 44.3 Å². The van der Waals surface area contributed by atoms with E-state index in [-0.39, 0.29) is 29.4 Å². The molecule has 0 bridgehead atoms. The summed E-state index contributed by atoms with van der Waals surface area (Å²) in [5, 5.41) is 3.72. The highest BCUT2D eigenvalue weighted by Crippen LogP contribution is 2.38. The summed E-state index contributed by atoms with van der Waals surface area (Å²) in [5.41, 5.74) is 1.46. The molecule has 1 fully saturated rings. The van der Waals surface area contributed by atoms with Crippen molar-refractivity contribution in [3.8, 4) is 11.5 Å². The van der Waals surface area contributed by atoms with Crippen LogP contribution in [0.4, 0.5) is 9.18 Å². The van der Waals surface area contributed by atoms with Crippen molar-refractivity contribution in [1.82, 2.24) is 10.2 Å². The molecular formula is C26H20Cl3FN2O4. The van der Waals surface area contributed by atoms with Crippen LogP contribution in [-0.4, -0.2) is 23.4 Å². The van der Waals surface area contributed by atoms with Gasteiger partial charge in [0.25, 0.3) is 5.91 Å². The van der Waals surface area contributed by atoms with Gasteiger partial charge in [0.05, 0.1) is 18.2 Å². The number of urea groups is 1. The zero-order valence-corrected chi connectivity index (χ0v) is 21.3. The number of nitrogens with one attached hydrogen (secondary N) is 1. The Balaban J connectivity index is 1.57. The Bertz CT molecular complexity index is 1360. The van der Waals surface area contributed by atoms with Gasteiger partial charge in [-0.1, -0.05) is 59.1 Å². The van der Waals surface area contributed by atoms with Crippen molar-refractivity contribution < 1.29 is 23.5 Å². The van der Waals surface area contributed by atoms with Gasteiger partial charge in [0, 0.05) is 21.2 Å². The fourth-order valence-corrected chi connectivity index (χ4v) is 4.28. The summed E-state index contributed by atoms with van der Waals surface area (Å²) < 4.78 is 25.6. The van der Waals surface area contributed by atoms with Crippen LogP contribution in [0.2, 0.25) is 15.1 Å². The molecule has 0 aromatic heterocycles. The molecule has 1 saturated heterocycles. The number of amides is 3. The zero-order valence-electron chi connectivity index (χ0n) is 19.0. The van der Waals surface area contributed by atoms with Crippen LogP contribution < -0.4 is 14.8 Å². The van der Waals surface area contributed by atoms with Crippen LogP contribution in [0.5, 0.6) is 11.5 Å². The lowest BCUT2D eigenvalue weighted by atomic mass is 10.1. The van der Waals surface area contributed by atoms with Gasteiger partial charge in [-0.15, -0.1) is 0 Å². The van der Waals surface area contributed by atoms with E-state index in [1.165, 1.54) is 24.3 Å². The Hall–Kier alpha value is -3.26. The maximum atomic E-state index is 14.0. The van der Waals surface area contributed by atoms with E-state index in [1.54, 1.807) is 43.3 Å². The first kappa shape index (κ1) is 25.8. The number of carbonyl (C=O) groups is 2. The number of benzene rings is 3. The number of ether oxygens (including phenoxy) is 2. The maximum absolute atomic E-state index is 14.0. The zero-order chi connectivity index (χ0) is 25.8. The average Bonchev–Trinajstić information content (AvgIpc) is 3.08. The Morgan fingerprint density at radius 3 is 2.47 bits per heavy atom. The number of halogens is 4. The fourth-order valence-electron chi connectivity index (χ4n) is 3.54. The molecule has 1 heterocycles. The van der Waals surface area contributed by atoms with Crippen LogP contribution in [0.1, 0.15) is 23.6 Å². The molecule has 1 N–H and O–H groups in total. The van der Waals surface area contributed by atoms with Crippen molar-refractivity contribution in [3.05, 3.63) is 97.9 Å². The molecule has 0 aliphatic carbocycles. The molecule has 6 nitrogen and oxygen atoms in total. The summed E-state index contributed by atoms with van der Waals surface area (Å²) >= 11 is 18.7. The van der Waals surface area contributed by atoms with E-state index in [0.717, 1.165) is 4.90 Å². The van der Waals surface area contributed by atoms with Crippen molar-refractivity contribution in [2.45, 2.75) is 20.1 Å². The number of hydrogen-bond donors (Lipinski definition) is 1. The molecule has 0 spiro atoms. The summed E-state index contributed by atoms with van der Waals surface area (Å²) in [6.07, 6.45) is 1.47. The number of nitrogens with zero attached hydrogens (tertiary/aromatic N) is 1. The molecule has 0 saturated carbocycles. The minimum absolute atomic E-state index is 0.0245. The van der Waals surface area contributed by atoms with Gasteiger partial charge in [-0.3, -0.25) is 9.69 Å². The van der Waals surface area contributed by atoms with Crippen LogP contribution in [0.25, 0.3) is 6.08 Å². The largest absolute Gasteiger partial charge is 0.490 e. The molecule has 10 heteroatoms. The number of rotatable bonds is 8. The SMILES string of the molecule is CCOc1cc(/C=C2/NC(=O)N(Cc3ccccc3F)C2=O)cc(Cl)c1OCc1ccc(Cl)cc1Cl. The first-order chi connectivity index (χ1) is 17.3. The molecule has 3 aromatic carbocycles. The van der Waals surface area contributed by atoms with Gasteiger partial charge in [0.1, 0.15) is 18.1 Å². The molecule has 3 aromatic rings. The number of carbonyl (C=O) groups excluding carboxylic acids is 2. The summed E-state index contributed by atoms with van der Waals surface area (Å²) in [7, 11) is 0. The molecule has 3 amide bonds. The van der Waals surface area contributed by atoms with Crippen LogP contribution in [0, 0.1) is 5.82 Å². The third-order valence-corrected chi connectivity index (χ3v) is 6.15. The molecule has 4 rings (SSSR count). The first-order valence-electron chi connectivity index (χ1n) is 10.9. The number of imide groups is 1. The highest BCUT2D eigenvalue weighted by Gasteiger charge is 2.34. The predicted molar refractivity (Wildman–Crippen MR) is 137 cm³/mol. The van der Waals surface area contributed by atoms with Crippen LogP contribution in [0.3, 0.4) is 0 Å². The van der Waals surface area contributed by atoms with Gasteiger partial charge in [0.2, 0.25) is 0 Å². The Morgan fingerprint density at radius 2 is 1.75 bits per heavy atom. The molecule has 36 heavy (non-hydrogen) atoms. The van der Waals surface area contributed by atoms with E-state index >= 15 is 0 Å². The molecule has 186 valence electrons. The third kappa shape index (κ3) is 5.75. The van der Waals surface area contributed by atoms with Crippen molar-refractivity contribution in [2.24, 2.45) is 0 Å². The Morgan fingerprint density at radius 1 is 0.972 bits per heavy atom. The van der Waals surface area contributed by atoms with Gasteiger partial charge in [-0.2, -0.15) is 0 Å². The van der Waals surface area contributed by atoms with Crippen molar-refractivity contribution in [3.63, 3.8) is 0 Å². The van der Waals surface area contributed by atoms with Crippen LogP contribution in [-0.2, 0) is 17.9 Å². The minimum atomic E-state index is -0.648. The minimum Gasteiger partial charge on any atom is -0.490 e. The highest BCUT2D eigenvalue weighted by atomic mass is 35.5. The molecular weight excluding hydrogens is 530 g/mol. The summed E-state index contributed by atoms with van der Waals surface area (Å²) in [6, 6.07) is 13.6. The van der Waals surface area contributed by atoms with Gasteiger partial charge in [-0.05, 0) is 48.9 Å². The first-order valence-corrected chi connectivity index (χ1v) is 12.0. The monoisotopic (exact) mass is 548 g/mol. The third-order valence-electron chi connectivity index (χ3n) is 5.28. The Labute approximate surface area is 222 Å². The van der Waals surface area contributed by atoms with Gasteiger partial charge < -0.3 is 14.8 Å². The summed E-state index contributed by atoms with van der Waals surface area (Å²) in [6.45, 7) is 2.07. The summed E-state index contributed by atoms with van der Waals surface area (Å²) in [5.74, 6) is -0.439. The fraction of sp³-hybridized carbons (Fsp3) is 0.154. The van der Waals surface area contributed by atoms with Crippen LogP contribution in [0.15, 0.2) is 60.3 Å². The Kier molecular flexibility index (Phi) is 8.04. The molecule has 1 aliphatic heterocycles. The topological polar surface area (TPSA) is 67.9 Å². The van der Waals surface area contributed by atoms with Gasteiger partial charge >= 0.3 is 6.03 Å². The van der Waals surface area contributed by atoms with E-state index in [9.17, 15) is 14.0 Å². The lowest BCUT2D eigenvalue weighted by Gasteiger charge is -2.15. The molecule has 0 unspecified atom stereocenters. The van der Waals surface area contributed by atoms with E-state index in [1.807, 2.05) is 0 Å². The molecule has 0 atom stereocenters. The van der Waals surface area contributed by atoms with Gasteiger partial charge in [-0.25, -0.2) is 9.18 Å². The molecule has 0 radical (unpaired) electrons. The second-order valence-corrected chi connectivity index (χ2v) is 9.01. The van der Waals surface area contributed by atoms with Crippen molar-refractivity contribution >= 4 is 52.8 Å². The van der Waals surface area contributed by atoms with E-state index in [2.05, 4.69) is 5.32 Å². The normalized spacial score (nSPS) is 14.4. The number of hydrogen-bond acceptors (Lipinski definition) is 4. The second-order valence-electron chi connectivity index (χ2n) is 7.76. The standard InChI is InChI=1S/C26H20Cl3FN2O4/c1-2-35-23-11-15(9-20(29)24(23)36-14-17-7-8-18(27)12-19(17)28)10-22-25(33)32(26(34)31-22)13-16-5-3-4-6-21(16)30/h3-12H,2,13-14H2,1H3,(H,31,34)/b22-10+. The smallest absolute Gasteiger partial charge is 0.329 e. The quantitative estimate of drug-likeness (QED) is 0.246. The van der Waals surface area contributed by atoms with Crippen LogP contribution >= 0.6 is 34.8 Å². The van der Waals surface area contributed by atoms with E-state index < -0.39 is 17.8 Å². The van der Waals surface area contributed by atoms with Gasteiger partial charge in [0.15, 0.2) is 11.5 Å². The van der Waals surface area contributed by atoms with Crippen molar-refractivity contribution in [1.29, 1.82) is 0 Å². The van der Waals surface area contributed by atoms with E-state index in [0.29, 0.717) is 39.3 Å². The maximum Gasteiger partial charge on any atom is 0.329 e. The highest BCUT2D eigenvalue weighted by molar-refractivity contribution is 6.35. The molecule has 1 aliphatic rings. The lowest BCUT2D eigenvalue weighted by Crippen LogP contribution is -2.30. The average molecular weight is 550 g/mol. The lowest BCUT2D eigenvalue weighted by molar-refractivity contribution is -0.123. The van der Waals surface area contributed by atoms with Crippen molar-refractivity contribution in [2.75, 3.05) is 6.61 Å². The summed E-state index contributed by atoms with van der Waals surface area (Å²) in [4.78, 5) is 26.2. The predicted octanol–water partition coefficient (Wildman–Crippen LogP) is 6.86. The second kappa shape index (κ2) is 11.2.